The van der Waals surface area contributed by atoms with Gasteiger partial charge in [0.15, 0.2) is 0 Å². The summed E-state index contributed by atoms with van der Waals surface area (Å²) in [6.45, 7) is 9.05. The average molecular weight is 535 g/mol. The molecule has 0 aliphatic heterocycles. The SMILES string of the molecule is C=CCCC[C@H](Cc1ccccc1)C(=O)O[C@H](CNC(=O)[C@@H](CC=C)CC(=O)N[C@@H](C)CO)c1ccccc1. The number of aliphatic hydroxyl groups excluding tert-OH is 1. The molecule has 2 rings (SSSR count). The fourth-order valence-electron chi connectivity index (χ4n) is 4.27. The van der Waals surface area contributed by atoms with Crippen molar-refractivity contribution >= 4 is 17.8 Å². The second-order valence-electron chi connectivity index (χ2n) is 9.76. The zero-order valence-corrected chi connectivity index (χ0v) is 22.9. The van der Waals surface area contributed by atoms with Crippen molar-refractivity contribution < 1.29 is 24.2 Å². The van der Waals surface area contributed by atoms with Gasteiger partial charge in [0.2, 0.25) is 11.8 Å². The Morgan fingerprint density at radius 3 is 2.26 bits per heavy atom. The summed E-state index contributed by atoms with van der Waals surface area (Å²) >= 11 is 0. The summed E-state index contributed by atoms with van der Waals surface area (Å²) in [6.07, 6.45) is 5.88. The Hall–Kier alpha value is -3.71. The molecule has 4 atom stereocenters. The fourth-order valence-corrected chi connectivity index (χ4v) is 4.27. The predicted octanol–water partition coefficient (Wildman–Crippen LogP) is 4.68. The fraction of sp³-hybridized carbons (Fsp3) is 0.406. The van der Waals surface area contributed by atoms with Crippen molar-refractivity contribution in [1.29, 1.82) is 0 Å². The van der Waals surface area contributed by atoms with Gasteiger partial charge in [0, 0.05) is 12.5 Å². The van der Waals surface area contributed by atoms with Crippen molar-refractivity contribution in [2.45, 2.75) is 57.6 Å². The summed E-state index contributed by atoms with van der Waals surface area (Å²) in [4.78, 5) is 38.8. The van der Waals surface area contributed by atoms with Gasteiger partial charge in [-0.15, -0.1) is 13.2 Å². The van der Waals surface area contributed by atoms with Gasteiger partial charge in [-0.05, 0) is 50.2 Å². The molecular formula is C32H42N2O5. The van der Waals surface area contributed by atoms with Gasteiger partial charge in [-0.25, -0.2) is 0 Å². The highest BCUT2D eigenvalue weighted by molar-refractivity contribution is 5.86. The predicted molar refractivity (Wildman–Crippen MR) is 154 cm³/mol. The number of hydrogen-bond acceptors (Lipinski definition) is 5. The monoisotopic (exact) mass is 534 g/mol. The van der Waals surface area contributed by atoms with Crippen molar-refractivity contribution in [3.8, 4) is 0 Å². The van der Waals surface area contributed by atoms with Gasteiger partial charge in [-0.3, -0.25) is 14.4 Å². The van der Waals surface area contributed by atoms with Gasteiger partial charge < -0.3 is 20.5 Å². The van der Waals surface area contributed by atoms with Gasteiger partial charge in [-0.2, -0.15) is 0 Å². The van der Waals surface area contributed by atoms with E-state index in [9.17, 15) is 19.5 Å². The van der Waals surface area contributed by atoms with Crippen LogP contribution >= 0.6 is 0 Å². The first-order valence-corrected chi connectivity index (χ1v) is 13.6. The van der Waals surface area contributed by atoms with Gasteiger partial charge in [0.25, 0.3) is 0 Å². The third-order valence-electron chi connectivity index (χ3n) is 6.45. The van der Waals surface area contributed by atoms with Gasteiger partial charge in [0.05, 0.1) is 25.0 Å². The molecule has 3 N–H and O–H groups in total. The molecule has 2 amide bonds. The number of amides is 2. The molecule has 0 bridgehead atoms. The zero-order chi connectivity index (χ0) is 28.5. The molecule has 0 unspecified atom stereocenters. The number of rotatable bonds is 18. The molecule has 0 fully saturated rings. The largest absolute Gasteiger partial charge is 0.455 e. The van der Waals surface area contributed by atoms with Crippen LogP contribution in [0.1, 0.15) is 56.3 Å². The Bertz CT molecular complexity index is 1040. The number of hydrogen-bond donors (Lipinski definition) is 3. The van der Waals surface area contributed by atoms with Crippen LogP contribution in [-0.2, 0) is 25.5 Å². The second kappa shape index (κ2) is 17.7. The highest BCUT2D eigenvalue weighted by Crippen LogP contribution is 2.23. The van der Waals surface area contributed by atoms with Crippen LogP contribution in [0.3, 0.4) is 0 Å². The first-order chi connectivity index (χ1) is 18.9. The van der Waals surface area contributed by atoms with E-state index < -0.39 is 18.1 Å². The van der Waals surface area contributed by atoms with E-state index in [-0.39, 0.29) is 43.3 Å². The van der Waals surface area contributed by atoms with E-state index in [1.54, 1.807) is 13.0 Å². The summed E-state index contributed by atoms with van der Waals surface area (Å²) in [7, 11) is 0. The molecule has 7 nitrogen and oxygen atoms in total. The van der Waals surface area contributed by atoms with E-state index in [2.05, 4.69) is 23.8 Å². The van der Waals surface area contributed by atoms with Crippen LogP contribution in [0, 0.1) is 11.8 Å². The van der Waals surface area contributed by atoms with E-state index in [1.807, 2.05) is 66.7 Å². The first-order valence-electron chi connectivity index (χ1n) is 13.6. The van der Waals surface area contributed by atoms with E-state index in [0.717, 1.165) is 24.0 Å². The van der Waals surface area contributed by atoms with Crippen molar-refractivity contribution in [3.05, 3.63) is 97.1 Å². The molecule has 0 saturated carbocycles. The lowest BCUT2D eigenvalue weighted by atomic mass is 9.94. The molecule has 2 aromatic carbocycles. The van der Waals surface area contributed by atoms with E-state index in [4.69, 9.17) is 4.74 Å². The van der Waals surface area contributed by atoms with Crippen molar-refractivity contribution in [3.63, 3.8) is 0 Å². The number of benzene rings is 2. The number of esters is 1. The Morgan fingerprint density at radius 2 is 1.64 bits per heavy atom. The maximum atomic E-state index is 13.4. The topological polar surface area (TPSA) is 105 Å². The molecule has 0 aromatic heterocycles. The second-order valence-corrected chi connectivity index (χ2v) is 9.76. The van der Waals surface area contributed by atoms with Crippen LogP contribution in [0.4, 0.5) is 0 Å². The lowest BCUT2D eigenvalue weighted by molar-refractivity contribution is -0.155. The average Bonchev–Trinajstić information content (AvgIpc) is 2.95. The molecule has 39 heavy (non-hydrogen) atoms. The standard InChI is InChI=1S/C32H42N2O5/c1-4-6-9-19-28(20-25-15-10-7-11-16-25)32(38)39-29(26-17-12-8-13-18-26)22-33-31(37)27(14-5-2)21-30(36)34-24(3)23-35/h4-5,7-8,10-13,15-18,24,27-29,35H,1-2,6,9,14,19-23H2,3H3,(H,33,37)(H,34,36)/t24-,27-,28+,29+/m0/s1. The molecular weight excluding hydrogens is 492 g/mol. The summed E-state index contributed by atoms with van der Waals surface area (Å²) in [6, 6.07) is 18.8. The molecule has 0 radical (unpaired) electrons. The van der Waals surface area contributed by atoms with Crippen molar-refractivity contribution in [1.82, 2.24) is 10.6 Å². The molecule has 0 aliphatic rings. The summed E-state index contributed by atoms with van der Waals surface area (Å²) in [5.74, 6) is -1.94. The van der Waals surface area contributed by atoms with Gasteiger partial charge in [0.1, 0.15) is 6.10 Å². The third kappa shape index (κ3) is 11.7. The summed E-state index contributed by atoms with van der Waals surface area (Å²) < 4.78 is 6.03. The van der Waals surface area contributed by atoms with E-state index in [0.29, 0.717) is 19.3 Å². The zero-order valence-electron chi connectivity index (χ0n) is 22.9. The minimum atomic E-state index is -0.687. The molecule has 0 aliphatic carbocycles. The highest BCUT2D eigenvalue weighted by atomic mass is 16.5. The third-order valence-corrected chi connectivity index (χ3v) is 6.45. The van der Waals surface area contributed by atoms with Crippen LogP contribution in [-0.4, -0.2) is 42.1 Å². The Morgan fingerprint density at radius 1 is 0.974 bits per heavy atom. The number of ether oxygens (including phenoxy) is 1. The number of aliphatic hydroxyl groups is 1. The van der Waals surface area contributed by atoms with E-state index >= 15 is 0 Å². The smallest absolute Gasteiger partial charge is 0.309 e. The van der Waals surface area contributed by atoms with Crippen LogP contribution in [0.5, 0.6) is 0 Å². The minimum absolute atomic E-state index is 0.0412. The van der Waals surface area contributed by atoms with Crippen molar-refractivity contribution in [2.24, 2.45) is 11.8 Å². The van der Waals surface area contributed by atoms with Gasteiger partial charge in [-0.1, -0.05) is 72.8 Å². The minimum Gasteiger partial charge on any atom is -0.455 e. The Kier molecular flexibility index (Phi) is 14.3. The van der Waals surface area contributed by atoms with Crippen LogP contribution in [0.25, 0.3) is 0 Å². The number of carbonyl (C=O) groups is 3. The molecule has 0 saturated heterocycles. The normalized spacial score (nSPS) is 13.8. The lowest BCUT2D eigenvalue weighted by Gasteiger charge is -2.24. The lowest BCUT2D eigenvalue weighted by Crippen LogP contribution is -2.40. The quantitative estimate of drug-likeness (QED) is 0.146. The number of carbonyl (C=O) groups excluding carboxylic acids is 3. The number of unbranched alkanes of at least 4 members (excludes halogenated alkanes) is 1. The highest BCUT2D eigenvalue weighted by Gasteiger charge is 2.27. The van der Waals surface area contributed by atoms with Gasteiger partial charge >= 0.3 is 5.97 Å². The molecule has 210 valence electrons. The number of allylic oxidation sites excluding steroid dienone is 2. The van der Waals surface area contributed by atoms with Crippen LogP contribution < -0.4 is 10.6 Å². The molecule has 0 spiro atoms. The maximum absolute atomic E-state index is 13.4. The molecule has 7 heteroatoms. The maximum Gasteiger partial charge on any atom is 0.309 e. The summed E-state index contributed by atoms with van der Waals surface area (Å²) in [5, 5.41) is 14.7. The Labute approximate surface area is 232 Å². The van der Waals surface area contributed by atoms with Crippen molar-refractivity contribution in [2.75, 3.05) is 13.2 Å². The van der Waals surface area contributed by atoms with Crippen LogP contribution in [0.2, 0.25) is 0 Å². The first kappa shape index (κ1) is 31.5. The Balaban J connectivity index is 2.13. The molecule has 2 aromatic rings. The molecule has 0 heterocycles. The number of nitrogens with one attached hydrogen (secondary N) is 2. The summed E-state index contributed by atoms with van der Waals surface area (Å²) in [5.41, 5.74) is 1.83. The van der Waals surface area contributed by atoms with Crippen LogP contribution in [0.15, 0.2) is 86.0 Å². The van der Waals surface area contributed by atoms with E-state index in [1.165, 1.54) is 0 Å².